The first-order chi connectivity index (χ1) is 7.47. The van der Waals surface area contributed by atoms with E-state index in [9.17, 15) is 18.0 Å². The molecule has 0 radical (unpaired) electrons. The molecule has 0 saturated carbocycles. The van der Waals surface area contributed by atoms with Gasteiger partial charge in [-0.1, -0.05) is 12.1 Å². The Balaban J connectivity index is 2.24. The van der Waals surface area contributed by atoms with Gasteiger partial charge in [-0.3, -0.25) is 4.79 Å². The second kappa shape index (κ2) is 3.66. The van der Waals surface area contributed by atoms with E-state index in [2.05, 4.69) is 4.98 Å². The van der Waals surface area contributed by atoms with Gasteiger partial charge < -0.3 is 4.98 Å². The number of benzene rings is 1. The van der Waals surface area contributed by atoms with Crippen molar-refractivity contribution >= 4 is 16.7 Å². The fourth-order valence-electron chi connectivity index (χ4n) is 1.49. The number of Topliss-reactive ketones (excluding diaryl/α,β-unsaturated/α-hetero) is 1. The van der Waals surface area contributed by atoms with Crippen LogP contribution >= 0.6 is 0 Å². The van der Waals surface area contributed by atoms with Gasteiger partial charge in [0.25, 0.3) is 0 Å². The van der Waals surface area contributed by atoms with Gasteiger partial charge in [0.2, 0.25) is 5.78 Å². The molecule has 0 aliphatic carbocycles. The largest absolute Gasteiger partial charge is 0.450 e. The molecule has 5 heteroatoms. The van der Waals surface area contributed by atoms with Crippen LogP contribution < -0.4 is 0 Å². The lowest BCUT2D eigenvalue weighted by atomic mass is 10.1. The van der Waals surface area contributed by atoms with Crippen molar-refractivity contribution in [2.75, 3.05) is 0 Å². The molecule has 2 rings (SSSR count). The van der Waals surface area contributed by atoms with Crippen LogP contribution in [0.2, 0.25) is 0 Å². The van der Waals surface area contributed by atoms with Crippen molar-refractivity contribution in [1.82, 2.24) is 4.98 Å². The van der Waals surface area contributed by atoms with Gasteiger partial charge in [0.15, 0.2) is 0 Å². The zero-order valence-corrected chi connectivity index (χ0v) is 8.14. The minimum atomic E-state index is -4.76. The Labute approximate surface area is 89.1 Å². The van der Waals surface area contributed by atoms with E-state index in [0.717, 1.165) is 10.9 Å². The quantitative estimate of drug-likeness (QED) is 0.840. The molecule has 0 spiro atoms. The number of carbonyl (C=O) groups is 1. The van der Waals surface area contributed by atoms with Crippen molar-refractivity contribution in [3.05, 3.63) is 36.0 Å². The van der Waals surface area contributed by atoms with E-state index in [1.165, 1.54) is 6.07 Å². The fraction of sp³-hybridized carbons (Fsp3) is 0.182. The summed E-state index contributed by atoms with van der Waals surface area (Å²) in [6.07, 6.45) is -3.68. The summed E-state index contributed by atoms with van der Waals surface area (Å²) in [5.74, 6) is -1.72. The highest BCUT2D eigenvalue weighted by atomic mass is 19.4. The first-order valence-corrected chi connectivity index (χ1v) is 4.63. The summed E-state index contributed by atoms with van der Waals surface area (Å²) in [7, 11) is 0. The maximum Gasteiger partial charge on any atom is 0.450 e. The van der Waals surface area contributed by atoms with Crippen LogP contribution in [0.15, 0.2) is 30.5 Å². The number of carbonyl (C=O) groups excluding carboxylic acids is 1. The van der Waals surface area contributed by atoms with Crippen LogP contribution in [0.5, 0.6) is 0 Å². The number of alkyl halides is 3. The predicted octanol–water partition coefficient (Wildman–Crippen LogP) is 2.84. The minimum absolute atomic E-state index is 0.359. The molecule has 0 amide bonds. The lowest BCUT2D eigenvalue weighted by molar-refractivity contribution is -0.170. The van der Waals surface area contributed by atoms with Gasteiger partial charge in [0.1, 0.15) is 0 Å². The molecule has 0 bridgehead atoms. The van der Waals surface area contributed by atoms with E-state index in [0.29, 0.717) is 5.56 Å². The smallest absolute Gasteiger partial charge is 0.361 e. The molecule has 0 unspecified atom stereocenters. The van der Waals surface area contributed by atoms with Crippen molar-refractivity contribution in [2.45, 2.75) is 12.6 Å². The average Bonchev–Trinajstić information content (AvgIpc) is 2.63. The van der Waals surface area contributed by atoms with Crippen LogP contribution in [0.25, 0.3) is 10.9 Å². The standard InChI is InChI=1S/C11H8F3NO/c12-11(13,14)10(16)6-7-1-2-8-3-4-15-9(8)5-7/h1-5,15H,6H2. The molecule has 0 aliphatic rings. The summed E-state index contributed by atoms with van der Waals surface area (Å²) >= 11 is 0. The summed E-state index contributed by atoms with van der Waals surface area (Å²) in [4.78, 5) is 13.7. The van der Waals surface area contributed by atoms with Crippen LogP contribution in [-0.2, 0) is 11.2 Å². The summed E-state index contributed by atoms with van der Waals surface area (Å²) in [6.45, 7) is 0. The summed E-state index contributed by atoms with van der Waals surface area (Å²) in [6, 6.07) is 6.58. The molecular weight excluding hydrogens is 219 g/mol. The van der Waals surface area contributed by atoms with E-state index in [1.807, 2.05) is 6.07 Å². The molecular formula is C11H8F3NO. The van der Waals surface area contributed by atoms with Crippen LogP contribution in [0.3, 0.4) is 0 Å². The van der Waals surface area contributed by atoms with Gasteiger partial charge in [-0.25, -0.2) is 0 Å². The first-order valence-electron chi connectivity index (χ1n) is 4.63. The minimum Gasteiger partial charge on any atom is -0.361 e. The Morgan fingerprint density at radius 2 is 2.00 bits per heavy atom. The van der Waals surface area contributed by atoms with Crippen molar-refractivity contribution < 1.29 is 18.0 Å². The summed E-state index contributed by atoms with van der Waals surface area (Å²) in [5, 5.41) is 0.906. The number of ketones is 1. The number of rotatable bonds is 2. The van der Waals surface area contributed by atoms with Crippen molar-refractivity contribution in [3.63, 3.8) is 0 Å². The number of aromatic nitrogens is 1. The second-order valence-electron chi connectivity index (χ2n) is 3.50. The average molecular weight is 227 g/mol. The molecule has 84 valence electrons. The fourth-order valence-corrected chi connectivity index (χ4v) is 1.49. The summed E-state index contributed by atoms with van der Waals surface area (Å²) in [5.41, 5.74) is 1.09. The number of hydrogen-bond donors (Lipinski definition) is 1. The Morgan fingerprint density at radius 3 is 2.69 bits per heavy atom. The van der Waals surface area contributed by atoms with E-state index in [-0.39, 0.29) is 0 Å². The zero-order chi connectivity index (χ0) is 11.8. The third-order valence-corrected chi connectivity index (χ3v) is 2.30. The predicted molar refractivity (Wildman–Crippen MR) is 53.1 cm³/mol. The highest BCUT2D eigenvalue weighted by molar-refractivity contribution is 5.87. The maximum absolute atomic E-state index is 12.0. The molecule has 1 N–H and O–H groups in total. The normalized spacial score (nSPS) is 11.9. The molecule has 0 saturated heterocycles. The molecule has 0 aliphatic heterocycles. The van der Waals surface area contributed by atoms with Crippen molar-refractivity contribution in [2.24, 2.45) is 0 Å². The Kier molecular flexibility index (Phi) is 2.46. The van der Waals surface area contributed by atoms with Crippen molar-refractivity contribution in [3.8, 4) is 0 Å². The van der Waals surface area contributed by atoms with Gasteiger partial charge in [-0.05, 0) is 23.1 Å². The lowest BCUT2D eigenvalue weighted by Gasteiger charge is -2.05. The van der Waals surface area contributed by atoms with Crippen molar-refractivity contribution in [1.29, 1.82) is 0 Å². The van der Waals surface area contributed by atoms with Crippen LogP contribution in [0.1, 0.15) is 5.56 Å². The SMILES string of the molecule is O=C(Cc1ccc2cc[nH]c2c1)C(F)(F)F. The third kappa shape index (κ3) is 2.08. The van der Waals surface area contributed by atoms with Crippen LogP contribution in [0.4, 0.5) is 13.2 Å². The lowest BCUT2D eigenvalue weighted by Crippen LogP contribution is -2.24. The number of hydrogen-bond acceptors (Lipinski definition) is 1. The summed E-state index contributed by atoms with van der Waals surface area (Å²) < 4.78 is 36.1. The highest BCUT2D eigenvalue weighted by Crippen LogP contribution is 2.20. The molecule has 16 heavy (non-hydrogen) atoms. The number of nitrogens with one attached hydrogen (secondary N) is 1. The third-order valence-electron chi connectivity index (χ3n) is 2.30. The van der Waals surface area contributed by atoms with E-state index >= 15 is 0 Å². The molecule has 0 atom stereocenters. The second-order valence-corrected chi connectivity index (χ2v) is 3.50. The van der Waals surface area contributed by atoms with E-state index in [4.69, 9.17) is 0 Å². The molecule has 2 aromatic rings. The number of aromatic amines is 1. The molecule has 0 fully saturated rings. The van der Waals surface area contributed by atoms with Gasteiger partial charge in [-0.15, -0.1) is 0 Å². The Morgan fingerprint density at radius 1 is 1.25 bits per heavy atom. The maximum atomic E-state index is 12.0. The number of fused-ring (bicyclic) bond motifs is 1. The number of H-pyrrole nitrogens is 1. The molecule has 1 aromatic heterocycles. The highest BCUT2D eigenvalue weighted by Gasteiger charge is 2.37. The monoisotopic (exact) mass is 227 g/mol. The molecule has 2 nitrogen and oxygen atoms in total. The Bertz CT molecular complexity index is 527. The Hall–Kier alpha value is -1.78. The van der Waals surface area contributed by atoms with Gasteiger partial charge >= 0.3 is 6.18 Å². The van der Waals surface area contributed by atoms with E-state index < -0.39 is 18.4 Å². The van der Waals surface area contributed by atoms with E-state index in [1.54, 1.807) is 18.3 Å². The number of halogens is 3. The topological polar surface area (TPSA) is 32.9 Å². The first kappa shape index (κ1) is 10.7. The van der Waals surface area contributed by atoms with Gasteiger partial charge in [-0.2, -0.15) is 13.2 Å². The molecule has 1 aromatic carbocycles. The van der Waals surface area contributed by atoms with Gasteiger partial charge in [0, 0.05) is 18.1 Å². The molecule has 1 heterocycles. The van der Waals surface area contributed by atoms with Crippen LogP contribution in [-0.4, -0.2) is 16.9 Å². The van der Waals surface area contributed by atoms with Gasteiger partial charge in [0.05, 0.1) is 0 Å². The van der Waals surface area contributed by atoms with Crippen LogP contribution in [0, 0.1) is 0 Å². The zero-order valence-electron chi connectivity index (χ0n) is 8.14.